The number of benzene rings is 2. The van der Waals surface area contributed by atoms with Crippen molar-refractivity contribution < 1.29 is 0 Å². The number of para-hydroxylation sites is 1. The van der Waals surface area contributed by atoms with Crippen molar-refractivity contribution in [1.29, 1.82) is 0 Å². The molecule has 0 amide bonds. The number of aliphatic imine (C=N–C) groups is 1. The van der Waals surface area contributed by atoms with Gasteiger partial charge in [0.05, 0.1) is 11.4 Å². The van der Waals surface area contributed by atoms with E-state index in [0.29, 0.717) is 6.54 Å². The molecule has 4 rings (SSSR count). The van der Waals surface area contributed by atoms with Gasteiger partial charge in [-0.25, -0.2) is 4.68 Å². The zero-order chi connectivity index (χ0) is 22.3. The average Bonchev–Trinajstić information content (AvgIpc) is 3.44. The predicted octanol–water partition coefficient (Wildman–Crippen LogP) is 4.57. The molecule has 0 spiro atoms. The van der Waals surface area contributed by atoms with Gasteiger partial charge in [-0.05, 0) is 68.6 Å². The second kappa shape index (κ2) is 12.2. The Morgan fingerprint density at radius 2 is 1.61 bits per heavy atom. The highest BCUT2D eigenvalue weighted by molar-refractivity contribution is 14.0. The fraction of sp³-hybridized carbons (Fsp3) is 0.385. The Morgan fingerprint density at radius 3 is 2.27 bits per heavy atom. The van der Waals surface area contributed by atoms with Crippen LogP contribution in [0.2, 0.25) is 0 Å². The lowest BCUT2D eigenvalue weighted by molar-refractivity contribution is 0.331. The Bertz CT molecular complexity index is 1050. The molecule has 0 bridgehead atoms. The predicted molar refractivity (Wildman–Crippen MR) is 146 cm³/mol. The van der Waals surface area contributed by atoms with Gasteiger partial charge in [0.15, 0.2) is 5.96 Å². The summed E-state index contributed by atoms with van der Waals surface area (Å²) in [7, 11) is 1.81. The third kappa shape index (κ3) is 6.80. The molecular weight excluding hydrogens is 523 g/mol. The molecule has 0 aliphatic carbocycles. The molecule has 1 saturated heterocycles. The molecule has 3 aromatic rings. The molecule has 2 heterocycles. The SMILES string of the molecule is CN=C(NCc1ccc(CN2CCCC2)cc1)NCc1ccccc1-n1nc(C)cc1C.I. The number of aromatic nitrogens is 2. The van der Waals surface area contributed by atoms with Crippen molar-refractivity contribution in [3.8, 4) is 5.69 Å². The zero-order valence-electron chi connectivity index (χ0n) is 19.8. The van der Waals surface area contributed by atoms with Gasteiger partial charge in [-0.15, -0.1) is 24.0 Å². The zero-order valence-corrected chi connectivity index (χ0v) is 22.2. The number of rotatable bonds is 7. The second-order valence-corrected chi connectivity index (χ2v) is 8.55. The number of halogens is 1. The third-order valence-corrected chi connectivity index (χ3v) is 5.99. The molecule has 6 nitrogen and oxygen atoms in total. The minimum Gasteiger partial charge on any atom is -0.352 e. The van der Waals surface area contributed by atoms with Crippen LogP contribution >= 0.6 is 24.0 Å². The molecule has 2 aromatic carbocycles. The lowest BCUT2D eigenvalue weighted by atomic mass is 10.1. The van der Waals surface area contributed by atoms with Crippen molar-refractivity contribution >= 4 is 29.9 Å². The van der Waals surface area contributed by atoms with E-state index < -0.39 is 0 Å². The van der Waals surface area contributed by atoms with Crippen LogP contribution in [0, 0.1) is 13.8 Å². The van der Waals surface area contributed by atoms with Crippen molar-refractivity contribution in [2.45, 2.75) is 46.3 Å². The molecule has 0 radical (unpaired) electrons. The van der Waals surface area contributed by atoms with Gasteiger partial charge in [-0.2, -0.15) is 5.10 Å². The summed E-state index contributed by atoms with van der Waals surface area (Å²) in [5, 5.41) is 11.5. The Hall–Kier alpha value is -2.39. The van der Waals surface area contributed by atoms with Gasteiger partial charge in [-0.1, -0.05) is 42.5 Å². The third-order valence-electron chi connectivity index (χ3n) is 5.99. The minimum absolute atomic E-state index is 0. The summed E-state index contributed by atoms with van der Waals surface area (Å²) in [6.07, 6.45) is 2.67. The molecule has 1 aliphatic heterocycles. The molecule has 7 heteroatoms. The van der Waals surface area contributed by atoms with Crippen LogP contribution in [0.1, 0.15) is 40.9 Å². The van der Waals surface area contributed by atoms with Gasteiger partial charge in [0.25, 0.3) is 0 Å². The first kappa shape index (κ1) is 25.2. The molecule has 0 atom stereocenters. The second-order valence-electron chi connectivity index (χ2n) is 8.55. The van der Waals surface area contributed by atoms with Gasteiger partial charge in [-0.3, -0.25) is 9.89 Å². The van der Waals surface area contributed by atoms with Gasteiger partial charge in [0, 0.05) is 32.4 Å². The number of nitrogens with one attached hydrogen (secondary N) is 2. The van der Waals surface area contributed by atoms with Crippen LogP contribution in [0.15, 0.2) is 59.6 Å². The Morgan fingerprint density at radius 1 is 0.939 bits per heavy atom. The van der Waals surface area contributed by atoms with E-state index in [-0.39, 0.29) is 24.0 Å². The number of guanidine groups is 1. The van der Waals surface area contributed by atoms with Crippen molar-refractivity contribution in [2.24, 2.45) is 4.99 Å². The Kier molecular flexibility index (Phi) is 9.31. The average molecular weight is 559 g/mol. The standard InChI is InChI=1S/C26H34N6.HI/c1-20-16-21(2)32(30-20)25-9-5-4-8-24(25)18-29-26(27-3)28-17-22-10-12-23(13-11-22)19-31-14-6-7-15-31;/h4-5,8-13,16H,6-7,14-15,17-19H2,1-3H3,(H2,27,28,29);1H. The monoisotopic (exact) mass is 558 g/mol. The van der Waals surface area contributed by atoms with Crippen molar-refractivity contribution in [2.75, 3.05) is 20.1 Å². The van der Waals surface area contributed by atoms with Crippen LogP contribution in [0.4, 0.5) is 0 Å². The van der Waals surface area contributed by atoms with Crippen LogP contribution in [0.25, 0.3) is 5.69 Å². The molecule has 0 saturated carbocycles. The maximum absolute atomic E-state index is 4.64. The lowest BCUT2D eigenvalue weighted by Gasteiger charge is -2.16. The minimum atomic E-state index is 0. The number of nitrogens with zero attached hydrogens (tertiary/aromatic N) is 4. The topological polar surface area (TPSA) is 57.5 Å². The first-order valence-corrected chi connectivity index (χ1v) is 11.5. The van der Waals surface area contributed by atoms with Gasteiger partial charge in [0.1, 0.15) is 0 Å². The van der Waals surface area contributed by atoms with E-state index in [9.17, 15) is 0 Å². The van der Waals surface area contributed by atoms with Gasteiger partial charge < -0.3 is 10.6 Å². The van der Waals surface area contributed by atoms with E-state index >= 15 is 0 Å². The molecule has 1 aromatic heterocycles. The summed E-state index contributed by atoms with van der Waals surface area (Å²) in [5.74, 6) is 0.786. The summed E-state index contributed by atoms with van der Waals surface area (Å²) in [5.41, 5.74) is 7.06. The quantitative estimate of drug-likeness (QED) is 0.254. The fourth-order valence-corrected chi connectivity index (χ4v) is 4.29. The van der Waals surface area contributed by atoms with E-state index in [2.05, 4.69) is 87.1 Å². The molecule has 0 unspecified atom stereocenters. The summed E-state index contributed by atoms with van der Waals surface area (Å²) in [6, 6.07) is 19.4. The van der Waals surface area contributed by atoms with E-state index in [1.165, 1.54) is 42.6 Å². The molecule has 176 valence electrons. The van der Waals surface area contributed by atoms with E-state index in [0.717, 1.165) is 36.1 Å². The highest BCUT2D eigenvalue weighted by Gasteiger charge is 2.12. The van der Waals surface area contributed by atoms with Crippen LogP contribution in [-0.4, -0.2) is 40.8 Å². The Labute approximate surface area is 214 Å². The molecule has 33 heavy (non-hydrogen) atoms. The molecule has 1 aliphatic rings. The van der Waals surface area contributed by atoms with Crippen LogP contribution < -0.4 is 10.6 Å². The van der Waals surface area contributed by atoms with E-state index in [1.54, 1.807) is 7.05 Å². The largest absolute Gasteiger partial charge is 0.352 e. The Balaban J connectivity index is 0.00000306. The molecular formula is C26H35IN6. The summed E-state index contributed by atoms with van der Waals surface area (Å²) in [4.78, 5) is 6.92. The van der Waals surface area contributed by atoms with Crippen LogP contribution in [0.3, 0.4) is 0 Å². The van der Waals surface area contributed by atoms with Crippen molar-refractivity contribution in [3.63, 3.8) is 0 Å². The lowest BCUT2D eigenvalue weighted by Crippen LogP contribution is -2.36. The summed E-state index contributed by atoms with van der Waals surface area (Å²) >= 11 is 0. The maximum atomic E-state index is 4.64. The molecule has 2 N–H and O–H groups in total. The summed E-state index contributed by atoms with van der Waals surface area (Å²) < 4.78 is 2.01. The van der Waals surface area contributed by atoms with E-state index in [1.807, 2.05) is 11.6 Å². The van der Waals surface area contributed by atoms with Crippen LogP contribution in [-0.2, 0) is 19.6 Å². The number of aryl methyl sites for hydroxylation is 2. The highest BCUT2D eigenvalue weighted by atomic mass is 127. The first-order valence-electron chi connectivity index (χ1n) is 11.5. The van der Waals surface area contributed by atoms with E-state index in [4.69, 9.17) is 0 Å². The van der Waals surface area contributed by atoms with Gasteiger partial charge >= 0.3 is 0 Å². The maximum Gasteiger partial charge on any atom is 0.191 e. The highest BCUT2D eigenvalue weighted by Crippen LogP contribution is 2.17. The van der Waals surface area contributed by atoms with Crippen molar-refractivity contribution in [3.05, 3.63) is 82.7 Å². The number of hydrogen-bond acceptors (Lipinski definition) is 3. The fourth-order valence-electron chi connectivity index (χ4n) is 4.29. The summed E-state index contributed by atoms with van der Waals surface area (Å²) in [6.45, 7) is 9.04. The molecule has 1 fully saturated rings. The normalized spacial score (nSPS) is 14.2. The number of likely N-dealkylation sites (tertiary alicyclic amines) is 1. The first-order chi connectivity index (χ1) is 15.6. The van der Waals surface area contributed by atoms with Crippen molar-refractivity contribution in [1.82, 2.24) is 25.3 Å². The van der Waals surface area contributed by atoms with Gasteiger partial charge in [0.2, 0.25) is 0 Å². The van der Waals surface area contributed by atoms with Crippen LogP contribution in [0.5, 0.6) is 0 Å². The smallest absolute Gasteiger partial charge is 0.191 e. The number of hydrogen-bond donors (Lipinski definition) is 2.